The first-order valence-corrected chi connectivity index (χ1v) is 6.58. The molecule has 88 valence electrons. The van der Waals surface area contributed by atoms with Crippen molar-refractivity contribution in [3.63, 3.8) is 0 Å². The number of aryl methyl sites for hydroxylation is 2. The van der Waals surface area contributed by atoms with Crippen LogP contribution in [0.3, 0.4) is 0 Å². The number of likely N-dealkylation sites (N-methyl/N-ethyl adjacent to an activating group) is 1. The second-order valence-electron chi connectivity index (χ2n) is 4.23. The Hall–Kier alpha value is -0.870. The van der Waals surface area contributed by atoms with Crippen molar-refractivity contribution in [1.29, 1.82) is 0 Å². The Morgan fingerprint density at radius 2 is 2.38 bits per heavy atom. The van der Waals surface area contributed by atoms with E-state index < -0.39 is 0 Å². The molecule has 0 fully saturated rings. The molecule has 0 saturated carbocycles. The van der Waals surface area contributed by atoms with Gasteiger partial charge < -0.3 is 10.6 Å². The van der Waals surface area contributed by atoms with E-state index >= 15 is 0 Å². The van der Waals surface area contributed by atoms with Gasteiger partial charge >= 0.3 is 0 Å². The maximum Gasteiger partial charge on any atom is 0.233 e. The summed E-state index contributed by atoms with van der Waals surface area (Å²) in [4.78, 5) is 14.0. The first-order chi connectivity index (χ1) is 7.70. The van der Waals surface area contributed by atoms with Crippen molar-refractivity contribution in [2.45, 2.75) is 32.2 Å². The fraction of sp³-hybridized carbons (Fsp3) is 0.583. The zero-order chi connectivity index (χ0) is 11.5. The average molecular weight is 238 g/mol. The predicted octanol–water partition coefficient (Wildman–Crippen LogP) is 1.63. The summed E-state index contributed by atoms with van der Waals surface area (Å²) in [6, 6.07) is 2.57. The molecule has 0 bridgehead atoms. The third-order valence-corrected chi connectivity index (χ3v) is 4.46. The second kappa shape index (κ2) is 4.97. The number of fused-ring (bicyclic) bond motifs is 1. The van der Waals surface area contributed by atoms with Crippen LogP contribution in [0.4, 0.5) is 0 Å². The highest BCUT2D eigenvalue weighted by Crippen LogP contribution is 2.33. The summed E-state index contributed by atoms with van der Waals surface area (Å²) >= 11 is 1.90. The standard InChI is InChI=1S/C12H18N2OS/c1-8(14-7-12(15)13-2)11-6-9-4-3-5-10(9)16-11/h6,8,14H,3-5,7H2,1-2H3,(H,13,15). The molecule has 1 amide bonds. The fourth-order valence-corrected chi connectivity index (χ4v) is 3.28. The Morgan fingerprint density at radius 1 is 1.56 bits per heavy atom. The molecule has 3 nitrogen and oxygen atoms in total. The summed E-state index contributed by atoms with van der Waals surface area (Å²) in [7, 11) is 1.66. The van der Waals surface area contributed by atoms with Crippen molar-refractivity contribution in [2.24, 2.45) is 0 Å². The van der Waals surface area contributed by atoms with Gasteiger partial charge in [-0.1, -0.05) is 0 Å². The topological polar surface area (TPSA) is 41.1 Å². The van der Waals surface area contributed by atoms with Gasteiger partial charge in [0.2, 0.25) is 5.91 Å². The van der Waals surface area contributed by atoms with Gasteiger partial charge in [-0.05, 0) is 37.8 Å². The van der Waals surface area contributed by atoms with Crippen LogP contribution in [-0.2, 0) is 17.6 Å². The molecule has 1 aliphatic carbocycles. The first kappa shape index (κ1) is 11.6. The summed E-state index contributed by atoms with van der Waals surface area (Å²) in [6.45, 7) is 2.50. The maximum atomic E-state index is 11.1. The quantitative estimate of drug-likeness (QED) is 0.837. The van der Waals surface area contributed by atoms with Gasteiger partial charge in [0.1, 0.15) is 0 Å². The van der Waals surface area contributed by atoms with Gasteiger partial charge in [-0.25, -0.2) is 0 Å². The summed E-state index contributed by atoms with van der Waals surface area (Å²) in [5.74, 6) is 0.0379. The molecule has 16 heavy (non-hydrogen) atoms. The molecule has 0 saturated heterocycles. The molecule has 1 unspecified atom stereocenters. The number of carbonyl (C=O) groups is 1. The van der Waals surface area contributed by atoms with Crippen LogP contribution in [0.25, 0.3) is 0 Å². The maximum absolute atomic E-state index is 11.1. The molecule has 0 aromatic carbocycles. The molecule has 1 heterocycles. The highest BCUT2D eigenvalue weighted by atomic mass is 32.1. The number of hydrogen-bond acceptors (Lipinski definition) is 3. The highest BCUT2D eigenvalue weighted by molar-refractivity contribution is 7.12. The summed E-state index contributed by atoms with van der Waals surface area (Å²) in [6.07, 6.45) is 3.78. The molecule has 2 rings (SSSR count). The van der Waals surface area contributed by atoms with Crippen LogP contribution in [0.1, 0.15) is 34.7 Å². The van der Waals surface area contributed by atoms with Gasteiger partial charge in [0, 0.05) is 22.8 Å². The number of carbonyl (C=O) groups excluding carboxylic acids is 1. The lowest BCUT2D eigenvalue weighted by molar-refractivity contribution is -0.119. The van der Waals surface area contributed by atoms with Crippen LogP contribution < -0.4 is 10.6 Å². The van der Waals surface area contributed by atoms with Crippen molar-refractivity contribution in [1.82, 2.24) is 10.6 Å². The Morgan fingerprint density at radius 3 is 3.06 bits per heavy atom. The Balaban J connectivity index is 1.93. The van der Waals surface area contributed by atoms with Crippen LogP contribution in [0.5, 0.6) is 0 Å². The molecule has 0 radical (unpaired) electrons. The number of amides is 1. The van der Waals surface area contributed by atoms with Crippen LogP contribution in [-0.4, -0.2) is 19.5 Å². The van der Waals surface area contributed by atoms with E-state index in [1.54, 1.807) is 11.9 Å². The smallest absolute Gasteiger partial charge is 0.233 e. The molecule has 2 N–H and O–H groups in total. The first-order valence-electron chi connectivity index (χ1n) is 5.76. The largest absolute Gasteiger partial charge is 0.358 e. The van der Waals surface area contributed by atoms with Crippen LogP contribution in [0, 0.1) is 0 Å². The fourth-order valence-electron chi connectivity index (χ4n) is 2.00. The summed E-state index contributed by atoms with van der Waals surface area (Å²) in [5, 5.41) is 5.85. The zero-order valence-electron chi connectivity index (χ0n) is 9.80. The van der Waals surface area contributed by atoms with E-state index in [0.717, 1.165) is 0 Å². The Labute approximate surface area is 100 Å². The lowest BCUT2D eigenvalue weighted by Crippen LogP contribution is -2.32. The van der Waals surface area contributed by atoms with E-state index in [1.165, 1.54) is 29.7 Å². The molecule has 0 spiro atoms. The van der Waals surface area contributed by atoms with E-state index in [1.807, 2.05) is 11.3 Å². The van der Waals surface area contributed by atoms with E-state index in [4.69, 9.17) is 0 Å². The average Bonchev–Trinajstić information content (AvgIpc) is 2.85. The van der Waals surface area contributed by atoms with Crippen LogP contribution in [0.15, 0.2) is 6.07 Å². The molecule has 0 aliphatic heterocycles. The van der Waals surface area contributed by atoms with Crippen molar-refractivity contribution < 1.29 is 4.79 Å². The second-order valence-corrected chi connectivity index (χ2v) is 5.39. The third kappa shape index (κ3) is 2.44. The lowest BCUT2D eigenvalue weighted by atomic mass is 10.2. The SMILES string of the molecule is CNC(=O)CNC(C)c1cc2c(s1)CCC2. The highest BCUT2D eigenvalue weighted by Gasteiger charge is 2.17. The van der Waals surface area contributed by atoms with Gasteiger partial charge in [0.25, 0.3) is 0 Å². The Kier molecular flexibility index (Phi) is 3.61. The normalized spacial score (nSPS) is 15.9. The monoisotopic (exact) mass is 238 g/mol. The Bertz CT molecular complexity index is 365. The minimum absolute atomic E-state index is 0.0379. The lowest BCUT2D eigenvalue weighted by Gasteiger charge is -2.11. The minimum Gasteiger partial charge on any atom is -0.358 e. The van der Waals surface area contributed by atoms with Gasteiger partial charge in [0.15, 0.2) is 0 Å². The number of rotatable bonds is 4. The molecule has 1 atom stereocenters. The van der Waals surface area contributed by atoms with Gasteiger partial charge in [-0.3, -0.25) is 4.79 Å². The van der Waals surface area contributed by atoms with Gasteiger partial charge in [-0.2, -0.15) is 0 Å². The van der Waals surface area contributed by atoms with Gasteiger partial charge in [-0.15, -0.1) is 11.3 Å². The molecule has 1 aliphatic rings. The van der Waals surface area contributed by atoms with E-state index in [2.05, 4.69) is 23.6 Å². The van der Waals surface area contributed by atoms with Crippen LogP contribution >= 0.6 is 11.3 Å². The molecule has 1 aromatic heterocycles. The third-order valence-electron chi connectivity index (χ3n) is 3.04. The van der Waals surface area contributed by atoms with E-state index in [-0.39, 0.29) is 11.9 Å². The zero-order valence-corrected chi connectivity index (χ0v) is 10.6. The molecule has 4 heteroatoms. The van der Waals surface area contributed by atoms with Crippen molar-refractivity contribution in [3.05, 3.63) is 21.4 Å². The number of hydrogen-bond donors (Lipinski definition) is 2. The van der Waals surface area contributed by atoms with Crippen molar-refractivity contribution >= 4 is 17.2 Å². The molecular formula is C12H18N2OS. The van der Waals surface area contributed by atoms with Crippen molar-refractivity contribution in [3.8, 4) is 0 Å². The minimum atomic E-state index is 0.0379. The van der Waals surface area contributed by atoms with E-state index in [9.17, 15) is 4.79 Å². The predicted molar refractivity (Wildman–Crippen MR) is 66.8 cm³/mol. The number of nitrogens with one attached hydrogen (secondary N) is 2. The van der Waals surface area contributed by atoms with E-state index in [0.29, 0.717) is 6.54 Å². The molecular weight excluding hydrogens is 220 g/mol. The number of thiophene rings is 1. The molecule has 1 aromatic rings. The summed E-state index contributed by atoms with van der Waals surface area (Å²) in [5.41, 5.74) is 1.52. The van der Waals surface area contributed by atoms with Crippen molar-refractivity contribution in [2.75, 3.05) is 13.6 Å². The van der Waals surface area contributed by atoms with Gasteiger partial charge in [0.05, 0.1) is 6.54 Å². The van der Waals surface area contributed by atoms with Crippen LogP contribution in [0.2, 0.25) is 0 Å². The summed E-state index contributed by atoms with van der Waals surface area (Å²) < 4.78 is 0.